The zero-order valence-electron chi connectivity index (χ0n) is 26.0. The number of nitrogens with zero attached hydrogens (tertiary/aromatic N) is 5. The van der Waals surface area contributed by atoms with Crippen LogP contribution in [0.2, 0.25) is 0 Å². The number of hydrogen-bond donors (Lipinski definition) is 2. The molecule has 3 fully saturated rings. The molecule has 0 radical (unpaired) electrons. The predicted molar refractivity (Wildman–Crippen MR) is 166 cm³/mol. The molecule has 0 unspecified atom stereocenters. The molecule has 0 saturated carbocycles. The molecule has 0 bridgehead atoms. The number of benzene rings is 2. The highest BCUT2D eigenvalue weighted by Crippen LogP contribution is 2.46. The van der Waals surface area contributed by atoms with Crippen LogP contribution in [-0.2, 0) is 0 Å². The van der Waals surface area contributed by atoms with E-state index >= 15 is 4.39 Å². The van der Waals surface area contributed by atoms with E-state index in [1.165, 1.54) is 18.2 Å². The van der Waals surface area contributed by atoms with Gasteiger partial charge in [-0.2, -0.15) is 9.97 Å². The fraction of sp³-hybridized carbons (Fsp3) is 0.485. The van der Waals surface area contributed by atoms with Crippen molar-refractivity contribution in [1.82, 2.24) is 25.2 Å². The first kappa shape index (κ1) is 31.1. The van der Waals surface area contributed by atoms with E-state index in [1.807, 2.05) is 4.90 Å². The van der Waals surface area contributed by atoms with Gasteiger partial charge in [-0.15, -0.1) is 13.2 Å². The van der Waals surface area contributed by atoms with Gasteiger partial charge in [0.2, 0.25) is 5.88 Å². The monoisotopic (exact) mass is 672 g/mol. The number of pyridine rings is 1. The Morgan fingerprint density at radius 3 is 2.81 bits per heavy atom. The number of halogens is 5. The van der Waals surface area contributed by atoms with Crippen LogP contribution in [0.25, 0.3) is 32.9 Å². The van der Waals surface area contributed by atoms with Crippen molar-refractivity contribution >= 4 is 27.5 Å². The number of anilines is 1. The minimum atomic E-state index is -5.04. The van der Waals surface area contributed by atoms with Crippen molar-refractivity contribution in [1.29, 1.82) is 0 Å². The summed E-state index contributed by atoms with van der Waals surface area (Å²) in [5.41, 5.74) is -1.26. The number of ether oxygens (including phenoxy) is 3. The van der Waals surface area contributed by atoms with E-state index in [9.17, 15) is 22.7 Å². The molecule has 4 aliphatic heterocycles. The van der Waals surface area contributed by atoms with Crippen LogP contribution in [0.3, 0.4) is 0 Å². The highest BCUT2D eigenvalue weighted by Gasteiger charge is 2.49. The van der Waals surface area contributed by atoms with Crippen molar-refractivity contribution < 1.29 is 41.3 Å². The van der Waals surface area contributed by atoms with Gasteiger partial charge in [0.25, 0.3) is 0 Å². The standard InChI is InChI=1S/C33H33F5N6O4/c1-2-19-14-44-20(12-39-19)15-46-30-25-28(41-31(42-29(25)44)47-16-32-7-4-8-43(32)13-18(34)11-32)26(35)27(40-30)22-10-21(45)9-17-5-3-6-23(24(17)22)48-33(36,37)38/h3,5-6,9-10,18-20,39,45H,2,4,7-8,11-16H2,1H3/t18-,19-,20+,32+/m1/s1. The van der Waals surface area contributed by atoms with Crippen molar-refractivity contribution in [3.63, 3.8) is 0 Å². The van der Waals surface area contributed by atoms with E-state index in [1.54, 1.807) is 0 Å². The second-order valence-electron chi connectivity index (χ2n) is 13.0. The molecule has 3 saturated heterocycles. The SMILES string of the molecule is CC[C@@H]1CN2c3nc(OC[C@@]45CCCN4C[C@H](F)C5)nc4c(F)c(-c5cc(O)cc6cccc(OC(F)(F)F)c56)nc(c34)OC[C@@H]2CN1. The molecule has 254 valence electrons. The quantitative estimate of drug-likeness (QED) is 0.256. The molecule has 0 spiro atoms. The Bertz CT molecular complexity index is 1910. The van der Waals surface area contributed by atoms with Crippen molar-refractivity contribution in [2.75, 3.05) is 44.3 Å². The van der Waals surface area contributed by atoms with Crippen LogP contribution in [-0.4, -0.2) is 94.5 Å². The summed E-state index contributed by atoms with van der Waals surface area (Å²) in [5, 5.41) is 14.3. The average molecular weight is 673 g/mol. The number of alkyl halides is 4. The van der Waals surface area contributed by atoms with Crippen LogP contribution in [0, 0.1) is 5.82 Å². The van der Waals surface area contributed by atoms with Crippen LogP contribution in [0.1, 0.15) is 32.6 Å². The zero-order chi connectivity index (χ0) is 33.4. The topological polar surface area (TPSA) is 105 Å². The van der Waals surface area contributed by atoms with Gasteiger partial charge in [0.1, 0.15) is 53.3 Å². The highest BCUT2D eigenvalue weighted by molar-refractivity contribution is 6.04. The first-order valence-corrected chi connectivity index (χ1v) is 16.1. The van der Waals surface area contributed by atoms with Crippen molar-refractivity contribution in [3.05, 3.63) is 36.1 Å². The van der Waals surface area contributed by atoms with Crippen LogP contribution in [0.4, 0.5) is 27.8 Å². The van der Waals surface area contributed by atoms with E-state index in [0.29, 0.717) is 31.9 Å². The van der Waals surface area contributed by atoms with Crippen LogP contribution in [0.15, 0.2) is 30.3 Å². The van der Waals surface area contributed by atoms with E-state index < -0.39 is 35.3 Å². The van der Waals surface area contributed by atoms with Gasteiger partial charge < -0.3 is 29.5 Å². The summed E-state index contributed by atoms with van der Waals surface area (Å²) < 4.78 is 88.6. The number of fused-ring (bicyclic) bond motifs is 4. The lowest BCUT2D eigenvalue weighted by atomic mass is 9.95. The van der Waals surface area contributed by atoms with Gasteiger partial charge in [0, 0.05) is 43.0 Å². The van der Waals surface area contributed by atoms with E-state index in [4.69, 9.17) is 14.5 Å². The van der Waals surface area contributed by atoms with Crippen molar-refractivity contribution in [2.24, 2.45) is 0 Å². The Balaban J connectivity index is 1.32. The minimum Gasteiger partial charge on any atom is -0.508 e. The maximum absolute atomic E-state index is 17.0. The highest BCUT2D eigenvalue weighted by atomic mass is 19.4. The number of phenols is 1. The third kappa shape index (κ3) is 5.27. The zero-order valence-corrected chi connectivity index (χ0v) is 26.0. The molecule has 4 aliphatic rings. The van der Waals surface area contributed by atoms with Gasteiger partial charge >= 0.3 is 12.4 Å². The number of piperazine rings is 1. The summed E-state index contributed by atoms with van der Waals surface area (Å²) in [7, 11) is 0. The lowest BCUT2D eigenvalue weighted by Crippen LogP contribution is -2.58. The lowest BCUT2D eigenvalue weighted by molar-refractivity contribution is -0.274. The second kappa shape index (κ2) is 11.4. The maximum atomic E-state index is 17.0. The summed E-state index contributed by atoms with van der Waals surface area (Å²) in [6, 6.07) is 6.10. The molecule has 2 N–H and O–H groups in total. The average Bonchev–Trinajstić information content (AvgIpc) is 3.52. The normalized spacial score (nSPS) is 25.5. The smallest absolute Gasteiger partial charge is 0.508 e. The molecule has 48 heavy (non-hydrogen) atoms. The summed E-state index contributed by atoms with van der Waals surface area (Å²) in [5.74, 6) is -1.52. The summed E-state index contributed by atoms with van der Waals surface area (Å²) >= 11 is 0. The van der Waals surface area contributed by atoms with Crippen LogP contribution < -0.4 is 24.4 Å². The van der Waals surface area contributed by atoms with Gasteiger partial charge in [-0.3, -0.25) is 4.90 Å². The summed E-state index contributed by atoms with van der Waals surface area (Å²) in [6.45, 7) is 4.50. The molecular weight excluding hydrogens is 639 g/mol. The van der Waals surface area contributed by atoms with Gasteiger partial charge in [-0.25, -0.2) is 13.8 Å². The molecule has 2 aromatic heterocycles. The van der Waals surface area contributed by atoms with Crippen LogP contribution in [0.5, 0.6) is 23.4 Å². The molecule has 4 aromatic rings. The van der Waals surface area contributed by atoms with Gasteiger partial charge in [-0.1, -0.05) is 19.1 Å². The number of rotatable bonds is 6. The largest absolute Gasteiger partial charge is 0.573 e. The third-order valence-corrected chi connectivity index (χ3v) is 10.0. The first-order valence-electron chi connectivity index (χ1n) is 16.1. The number of hydrogen-bond acceptors (Lipinski definition) is 10. The van der Waals surface area contributed by atoms with Gasteiger partial charge in [-0.05, 0) is 49.4 Å². The molecule has 0 amide bonds. The summed E-state index contributed by atoms with van der Waals surface area (Å²) in [6.07, 6.45) is -3.21. The Hall–Kier alpha value is -4.24. The van der Waals surface area contributed by atoms with Gasteiger partial charge in [0.05, 0.1) is 11.6 Å². The Morgan fingerprint density at radius 1 is 1.15 bits per heavy atom. The molecule has 15 heteroatoms. The second-order valence-corrected chi connectivity index (χ2v) is 13.0. The molecule has 6 heterocycles. The molecule has 4 atom stereocenters. The maximum Gasteiger partial charge on any atom is 0.573 e. The number of phenolic OH excluding ortho intramolecular Hbond substituents is 1. The minimum absolute atomic E-state index is 0.00672. The number of nitrogens with one attached hydrogen (secondary N) is 1. The fourth-order valence-electron chi connectivity index (χ4n) is 7.80. The number of aromatic hydroxyl groups is 1. The molecular formula is C33H33F5N6O4. The van der Waals surface area contributed by atoms with E-state index in [-0.39, 0.29) is 70.2 Å². The van der Waals surface area contributed by atoms with Gasteiger partial charge in [0.15, 0.2) is 5.82 Å². The predicted octanol–water partition coefficient (Wildman–Crippen LogP) is 5.49. The number of aromatic nitrogens is 3. The first-order chi connectivity index (χ1) is 23.0. The Morgan fingerprint density at radius 2 is 2.00 bits per heavy atom. The summed E-state index contributed by atoms with van der Waals surface area (Å²) in [4.78, 5) is 17.9. The van der Waals surface area contributed by atoms with E-state index in [2.05, 4.69) is 31.8 Å². The molecule has 2 aromatic carbocycles. The Labute approximate surface area is 271 Å². The van der Waals surface area contributed by atoms with Crippen molar-refractivity contribution in [2.45, 2.75) is 62.8 Å². The third-order valence-electron chi connectivity index (χ3n) is 10.0. The fourth-order valence-corrected chi connectivity index (χ4v) is 7.80. The lowest BCUT2D eigenvalue weighted by Gasteiger charge is -2.39. The van der Waals surface area contributed by atoms with Crippen molar-refractivity contribution in [3.8, 4) is 34.6 Å². The molecule has 10 nitrogen and oxygen atoms in total. The molecule has 0 aliphatic carbocycles. The van der Waals surface area contributed by atoms with E-state index in [0.717, 1.165) is 37.9 Å². The van der Waals surface area contributed by atoms with Crippen LogP contribution >= 0.6 is 0 Å². The molecule has 8 rings (SSSR count). The Kier molecular flexibility index (Phi) is 7.40.